The number of benzene rings is 1. The van der Waals surface area contributed by atoms with Crippen molar-refractivity contribution in [3.8, 4) is 0 Å². The van der Waals surface area contributed by atoms with Gasteiger partial charge in [-0.25, -0.2) is 0 Å². The number of Topliss-reactive ketones (excluding diaryl/α,β-unsaturated/α-hetero) is 2. The summed E-state index contributed by atoms with van der Waals surface area (Å²) >= 11 is 5.80. The Labute approximate surface area is 109 Å². The molecule has 0 radical (unpaired) electrons. The topological polar surface area (TPSA) is 47.0 Å². The number of aromatic nitrogens is 1. The van der Waals surface area contributed by atoms with Crippen LogP contribution in [0.2, 0.25) is 5.02 Å². The molecule has 0 aliphatic carbocycles. The number of nitrogens with zero attached hydrogens (tertiary/aromatic N) is 1. The molecule has 0 fully saturated rings. The molecule has 18 heavy (non-hydrogen) atoms. The van der Waals surface area contributed by atoms with Crippen molar-refractivity contribution in [2.75, 3.05) is 0 Å². The summed E-state index contributed by atoms with van der Waals surface area (Å²) in [6.07, 6.45) is 2.86. The van der Waals surface area contributed by atoms with Crippen molar-refractivity contribution in [2.24, 2.45) is 0 Å². The van der Waals surface area contributed by atoms with Crippen molar-refractivity contribution in [3.05, 3.63) is 64.9 Å². The number of carbonyl (C=O) groups excluding carboxylic acids is 2. The van der Waals surface area contributed by atoms with Crippen LogP contribution in [0.1, 0.15) is 27.1 Å². The third-order valence-electron chi connectivity index (χ3n) is 2.45. The molecule has 0 aliphatic rings. The number of pyridine rings is 1. The fraction of sp³-hybridized carbons (Fsp3) is 0.0714. The molecule has 0 aliphatic heterocycles. The summed E-state index contributed by atoms with van der Waals surface area (Å²) in [6.45, 7) is 0. The van der Waals surface area contributed by atoms with Gasteiger partial charge in [-0.05, 0) is 24.3 Å². The van der Waals surface area contributed by atoms with Crippen molar-refractivity contribution in [2.45, 2.75) is 6.42 Å². The van der Waals surface area contributed by atoms with Gasteiger partial charge in [0.25, 0.3) is 0 Å². The molecule has 0 unspecified atom stereocenters. The number of hydrogen-bond donors (Lipinski definition) is 0. The molecular weight excluding hydrogens is 250 g/mol. The first kappa shape index (κ1) is 12.5. The van der Waals surface area contributed by atoms with Gasteiger partial charge in [0.2, 0.25) is 0 Å². The Morgan fingerprint density at radius 2 is 1.78 bits per heavy atom. The van der Waals surface area contributed by atoms with Crippen molar-refractivity contribution in [1.29, 1.82) is 0 Å². The highest BCUT2D eigenvalue weighted by Crippen LogP contribution is 2.13. The average Bonchev–Trinajstić information content (AvgIpc) is 2.39. The molecule has 0 amide bonds. The molecule has 2 rings (SSSR count). The van der Waals surface area contributed by atoms with Crippen LogP contribution in [0.25, 0.3) is 0 Å². The van der Waals surface area contributed by atoms with E-state index in [9.17, 15) is 9.59 Å². The molecule has 0 saturated heterocycles. The van der Waals surface area contributed by atoms with E-state index in [0.29, 0.717) is 16.1 Å². The zero-order valence-corrected chi connectivity index (χ0v) is 10.2. The number of hydrogen-bond acceptors (Lipinski definition) is 3. The van der Waals surface area contributed by atoms with Crippen LogP contribution >= 0.6 is 11.6 Å². The van der Waals surface area contributed by atoms with E-state index in [0.717, 1.165) is 0 Å². The summed E-state index contributed by atoms with van der Waals surface area (Å²) in [4.78, 5) is 27.5. The standard InChI is InChI=1S/C14H10ClNO2/c15-12-5-1-3-10(7-12)13(17)8-14(18)11-4-2-6-16-9-11/h1-7,9H,8H2. The van der Waals surface area contributed by atoms with Crippen molar-refractivity contribution in [1.82, 2.24) is 4.98 Å². The van der Waals surface area contributed by atoms with E-state index >= 15 is 0 Å². The SMILES string of the molecule is O=C(CC(=O)c1cccc(Cl)c1)c1cccnc1. The van der Waals surface area contributed by atoms with Gasteiger partial charge in [-0.1, -0.05) is 23.7 Å². The Kier molecular flexibility index (Phi) is 3.85. The lowest BCUT2D eigenvalue weighted by atomic mass is 10.0. The largest absolute Gasteiger partial charge is 0.294 e. The Hall–Kier alpha value is -2.00. The second-order valence-electron chi connectivity index (χ2n) is 3.78. The highest BCUT2D eigenvalue weighted by Gasteiger charge is 2.13. The predicted molar refractivity (Wildman–Crippen MR) is 69.0 cm³/mol. The second-order valence-corrected chi connectivity index (χ2v) is 4.21. The van der Waals surface area contributed by atoms with Gasteiger partial charge >= 0.3 is 0 Å². The van der Waals surface area contributed by atoms with Crippen LogP contribution in [0.3, 0.4) is 0 Å². The quantitative estimate of drug-likeness (QED) is 0.626. The maximum Gasteiger partial charge on any atom is 0.172 e. The smallest absolute Gasteiger partial charge is 0.172 e. The van der Waals surface area contributed by atoms with E-state index in [1.54, 1.807) is 42.6 Å². The fourth-order valence-electron chi connectivity index (χ4n) is 1.54. The molecular formula is C14H10ClNO2. The van der Waals surface area contributed by atoms with E-state index in [1.165, 1.54) is 6.20 Å². The number of rotatable bonds is 4. The Morgan fingerprint density at radius 1 is 1.06 bits per heavy atom. The van der Waals surface area contributed by atoms with Gasteiger partial charge < -0.3 is 0 Å². The Bertz CT molecular complexity index is 581. The summed E-state index contributed by atoms with van der Waals surface area (Å²) < 4.78 is 0. The summed E-state index contributed by atoms with van der Waals surface area (Å²) in [6, 6.07) is 9.87. The summed E-state index contributed by atoms with van der Waals surface area (Å²) in [5.41, 5.74) is 0.882. The van der Waals surface area contributed by atoms with Crippen LogP contribution in [0, 0.1) is 0 Å². The molecule has 2 aromatic rings. The molecule has 4 heteroatoms. The lowest BCUT2D eigenvalue weighted by Crippen LogP contribution is -2.08. The summed E-state index contributed by atoms with van der Waals surface area (Å²) in [5.74, 6) is -0.487. The van der Waals surface area contributed by atoms with Gasteiger partial charge in [0.05, 0.1) is 6.42 Å². The molecule has 1 aromatic carbocycles. The van der Waals surface area contributed by atoms with E-state index in [-0.39, 0.29) is 18.0 Å². The van der Waals surface area contributed by atoms with Crippen LogP contribution in [0.15, 0.2) is 48.8 Å². The van der Waals surface area contributed by atoms with E-state index in [1.807, 2.05) is 0 Å². The highest BCUT2D eigenvalue weighted by molar-refractivity contribution is 6.31. The zero-order chi connectivity index (χ0) is 13.0. The third kappa shape index (κ3) is 3.02. The maximum atomic E-state index is 11.9. The fourth-order valence-corrected chi connectivity index (χ4v) is 1.73. The van der Waals surface area contributed by atoms with Crippen LogP contribution in [-0.2, 0) is 0 Å². The normalized spacial score (nSPS) is 10.1. The van der Waals surface area contributed by atoms with Gasteiger partial charge in [0.15, 0.2) is 11.6 Å². The van der Waals surface area contributed by atoms with Crippen LogP contribution in [0.5, 0.6) is 0 Å². The van der Waals surface area contributed by atoms with Gasteiger partial charge in [0, 0.05) is 28.5 Å². The minimum Gasteiger partial charge on any atom is -0.294 e. The lowest BCUT2D eigenvalue weighted by Gasteiger charge is -2.01. The van der Waals surface area contributed by atoms with E-state index in [2.05, 4.69) is 4.98 Å². The lowest BCUT2D eigenvalue weighted by molar-refractivity contribution is 0.0894. The van der Waals surface area contributed by atoms with E-state index < -0.39 is 0 Å². The molecule has 0 bridgehead atoms. The molecule has 0 saturated carbocycles. The molecule has 1 aromatic heterocycles. The monoisotopic (exact) mass is 259 g/mol. The third-order valence-corrected chi connectivity index (χ3v) is 2.69. The summed E-state index contributed by atoms with van der Waals surface area (Å²) in [5, 5.41) is 0.481. The van der Waals surface area contributed by atoms with Crippen molar-refractivity contribution in [3.63, 3.8) is 0 Å². The van der Waals surface area contributed by atoms with Gasteiger partial charge in [-0.3, -0.25) is 14.6 Å². The number of ketones is 2. The van der Waals surface area contributed by atoms with Crippen molar-refractivity contribution >= 4 is 23.2 Å². The minimum absolute atomic E-state index is 0.175. The Balaban J connectivity index is 2.11. The second kappa shape index (κ2) is 5.56. The Morgan fingerprint density at radius 3 is 2.44 bits per heavy atom. The van der Waals surface area contributed by atoms with Crippen molar-refractivity contribution < 1.29 is 9.59 Å². The molecule has 0 spiro atoms. The zero-order valence-electron chi connectivity index (χ0n) is 9.47. The van der Waals surface area contributed by atoms with Gasteiger partial charge in [-0.15, -0.1) is 0 Å². The molecule has 0 atom stereocenters. The number of carbonyl (C=O) groups is 2. The summed E-state index contributed by atoms with van der Waals surface area (Å²) in [7, 11) is 0. The highest BCUT2D eigenvalue weighted by atomic mass is 35.5. The van der Waals surface area contributed by atoms with Crippen LogP contribution in [-0.4, -0.2) is 16.6 Å². The van der Waals surface area contributed by atoms with Crippen LogP contribution < -0.4 is 0 Å². The molecule has 0 N–H and O–H groups in total. The van der Waals surface area contributed by atoms with Crippen LogP contribution in [0.4, 0.5) is 0 Å². The van der Waals surface area contributed by atoms with Gasteiger partial charge in [-0.2, -0.15) is 0 Å². The van der Waals surface area contributed by atoms with Gasteiger partial charge in [0.1, 0.15) is 0 Å². The molecule has 1 heterocycles. The predicted octanol–water partition coefficient (Wildman–Crippen LogP) is 3.19. The minimum atomic E-state index is -0.244. The molecule has 90 valence electrons. The first-order chi connectivity index (χ1) is 8.66. The van der Waals surface area contributed by atoms with E-state index in [4.69, 9.17) is 11.6 Å². The number of halogens is 1. The first-order valence-corrected chi connectivity index (χ1v) is 5.76. The first-order valence-electron chi connectivity index (χ1n) is 5.39. The average molecular weight is 260 g/mol. The molecule has 3 nitrogen and oxygen atoms in total. The maximum absolute atomic E-state index is 11.9.